The van der Waals surface area contributed by atoms with E-state index < -0.39 is 38.4 Å². The van der Waals surface area contributed by atoms with Gasteiger partial charge in [-0.05, 0) is 6.92 Å². The predicted molar refractivity (Wildman–Crippen MR) is 100 cm³/mol. The van der Waals surface area contributed by atoms with Crippen LogP contribution in [-0.2, 0) is 29.3 Å². The first-order valence-electron chi connectivity index (χ1n) is 8.16. The molecule has 1 heterocycles. The van der Waals surface area contributed by atoms with Crippen LogP contribution in [0.15, 0.2) is 23.8 Å². The lowest BCUT2D eigenvalue weighted by Crippen LogP contribution is -2.37. The Kier molecular flexibility index (Phi) is 8.57. The molecule has 1 rings (SSSR count). The minimum absolute atomic E-state index is 0.0448. The van der Waals surface area contributed by atoms with Gasteiger partial charge in [-0.1, -0.05) is 17.7 Å². The highest BCUT2D eigenvalue weighted by Gasteiger charge is 2.35. The zero-order valence-electron chi connectivity index (χ0n) is 15.8. The average Bonchev–Trinajstić information content (AvgIpc) is 2.90. The number of likely N-dealkylation sites (tertiary alicyclic amines) is 1. The smallest absolute Gasteiger partial charge is 0.279 e. The van der Waals surface area contributed by atoms with Crippen molar-refractivity contribution in [1.82, 2.24) is 13.9 Å². The van der Waals surface area contributed by atoms with E-state index in [1.54, 1.807) is 13.0 Å². The Balaban J connectivity index is 2.93. The lowest BCUT2D eigenvalue weighted by Gasteiger charge is -2.21. The van der Waals surface area contributed by atoms with Crippen LogP contribution in [-0.4, -0.2) is 89.2 Å². The molecule has 0 unspecified atom stereocenters. The van der Waals surface area contributed by atoms with E-state index in [-0.39, 0.29) is 26.1 Å². The SMILES string of the molecule is C/C(=C\[C@@H]1C[C@@H](OS(C)(=O)=O)CN1C(=O)C=CCO)CNS(=O)(=O)N(C)C. The van der Waals surface area contributed by atoms with Gasteiger partial charge in [-0.2, -0.15) is 25.9 Å². The third kappa shape index (κ3) is 8.07. The third-order valence-corrected chi connectivity index (χ3v) is 5.85. The lowest BCUT2D eigenvalue weighted by atomic mass is 10.1. The van der Waals surface area contributed by atoms with Gasteiger partial charge in [0, 0.05) is 39.7 Å². The van der Waals surface area contributed by atoms with Gasteiger partial charge >= 0.3 is 0 Å². The molecule has 0 bridgehead atoms. The van der Waals surface area contributed by atoms with Crippen molar-refractivity contribution in [3.8, 4) is 0 Å². The second-order valence-electron chi connectivity index (χ2n) is 6.42. The Morgan fingerprint density at radius 1 is 1.33 bits per heavy atom. The number of aliphatic hydroxyl groups is 1. The molecule has 0 spiro atoms. The number of nitrogens with one attached hydrogen (secondary N) is 1. The average molecular weight is 426 g/mol. The lowest BCUT2D eigenvalue weighted by molar-refractivity contribution is -0.126. The van der Waals surface area contributed by atoms with Crippen molar-refractivity contribution in [2.45, 2.75) is 25.5 Å². The van der Waals surface area contributed by atoms with Gasteiger partial charge in [0.05, 0.1) is 25.0 Å². The maximum atomic E-state index is 12.3. The van der Waals surface area contributed by atoms with Crippen LogP contribution < -0.4 is 4.72 Å². The van der Waals surface area contributed by atoms with Crippen molar-refractivity contribution < 1.29 is 30.9 Å². The van der Waals surface area contributed by atoms with E-state index in [9.17, 15) is 21.6 Å². The van der Waals surface area contributed by atoms with Crippen molar-refractivity contribution >= 4 is 26.2 Å². The van der Waals surface area contributed by atoms with Crippen LogP contribution in [0.4, 0.5) is 0 Å². The normalized spacial score (nSPS) is 22.1. The molecule has 1 fully saturated rings. The van der Waals surface area contributed by atoms with E-state index in [2.05, 4.69) is 4.72 Å². The van der Waals surface area contributed by atoms with Crippen molar-refractivity contribution in [1.29, 1.82) is 0 Å². The van der Waals surface area contributed by atoms with Gasteiger partial charge in [-0.25, -0.2) is 0 Å². The van der Waals surface area contributed by atoms with Crippen molar-refractivity contribution in [2.24, 2.45) is 0 Å². The van der Waals surface area contributed by atoms with Crippen LogP contribution in [0.25, 0.3) is 0 Å². The van der Waals surface area contributed by atoms with Gasteiger partial charge < -0.3 is 10.0 Å². The second-order valence-corrected chi connectivity index (χ2v) is 9.99. The molecule has 0 aromatic heterocycles. The zero-order valence-corrected chi connectivity index (χ0v) is 17.5. The highest BCUT2D eigenvalue weighted by atomic mass is 32.2. The molecule has 12 heteroatoms. The van der Waals surface area contributed by atoms with E-state index in [0.717, 1.165) is 10.6 Å². The largest absolute Gasteiger partial charge is 0.392 e. The topological polar surface area (TPSA) is 133 Å². The fourth-order valence-corrected chi connectivity index (χ4v) is 3.83. The maximum Gasteiger partial charge on any atom is 0.279 e. The highest BCUT2D eigenvalue weighted by Crippen LogP contribution is 2.24. The number of hydrogen-bond acceptors (Lipinski definition) is 7. The van der Waals surface area contributed by atoms with Crippen LogP contribution >= 0.6 is 0 Å². The number of rotatable bonds is 9. The van der Waals surface area contributed by atoms with E-state index in [1.807, 2.05) is 0 Å². The van der Waals surface area contributed by atoms with Gasteiger partial charge in [0.15, 0.2) is 0 Å². The first-order chi connectivity index (χ1) is 12.4. The Morgan fingerprint density at radius 3 is 2.48 bits per heavy atom. The Hall–Kier alpha value is -1.31. The van der Waals surface area contributed by atoms with E-state index in [0.29, 0.717) is 5.57 Å². The summed E-state index contributed by atoms with van der Waals surface area (Å²) in [6.45, 7) is 1.52. The molecule has 2 N–H and O–H groups in total. The van der Waals surface area contributed by atoms with Crippen molar-refractivity contribution in [3.05, 3.63) is 23.8 Å². The van der Waals surface area contributed by atoms with Gasteiger partial charge in [0.2, 0.25) is 5.91 Å². The first kappa shape index (κ1) is 23.7. The second kappa shape index (κ2) is 9.75. The molecule has 0 saturated carbocycles. The number of aliphatic hydroxyl groups excluding tert-OH is 1. The van der Waals surface area contributed by atoms with E-state index in [1.165, 1.54) is 31.1 Å². The van der Waals surface area contributed by atoms with Gasteiger partial charge in [-0.3, -0.25) is 8.98 Å². The van der Waals surface area contributed by atoms with Crippen LogP contribution in [0.1, 0.15) is 13.3 Å². The summed E-state index contributed by atoms with van der Waals surface area (Å²) in [7, 11) is -4.46. The number of carbonyl (C=O) groups excluding carboxylic acids is 1. The monoisotopic (exact) mass is 425 g/mol. The summed E-state index contributed by atoms with van der Waals surface area (Å²) in [5, 5.41) is 8.82. The fourth-order valence-electron chi connectivity index (χ4n) is 2.52. The number of carbonyl (C=O) groups is 1. The molecule has 1 amide bonds. The van der Waals surface area contributed by atoms with E-state index >= 15 is 0 Å². The van der Waals surface area contributed by atoms with Crippen LogP contribution in [0, 0.1) is 0 Å². The number of hydrogen-bond donors (Lipinski definition) is 2. The molecule has 1 aliphatic heterocycles. The van der Waals surface area contributed by atoms with Crippen molar-refractivity contribution in [2.75, 3.05) is 40.0 Å². The third-order valence-electron chi connectivity index (χ3n) is 3.76. The van der Waals surface area contributed by atoms with Crippen LogP contribution in [0.5, 0.6) is 0 Å². The molecular formula is C15H27N3O7S2. The zero-order chi connectivity index (χ0) is 20.8. The molecule has 0 aromatic carbocycles. The predicted octanol–water partition coefficient (Wildman–Crippen LogP) is -1.18. The van der Waals surface area contributed by atoms with Gasteiger partial charge in [-0.15, -0.1) is 0 Å². The molecule has 10 nitrogen and oxygen atoms in total. The summed E-state index contributed by atoms with van der Waals surface area (Å²) in [6, 6.07) is -0.462. The minimum atomic E-state index is -3.68. The fraction of sp³-hybridized carbons (Fsp3) is 0.667. The summed E-state index contributed by atoms with van der Waals surface area (Å²) in [5.41, 5.74) is 0.661. The summed E-state index contributed by atoms with van der Waals surface area (Å²) >= 11 is 0. The molecule has 0 radical (unpaired) electrons. The Labute approximate surface area is 160 Å². The van der Waals surface area contributed by atoms with E-state index in [4.69, 9.17) is 9.29 Å². The summed E-state index contributed by atoms with van der Waals surface area (Å²) in [5.74, 6) is -0.397. The van der Waals surface area contributed by atoms with Crippen LogP contribution in [0.2, 0.25) is 0 Å². The van der Waals surface area contributed by atoms with Gasteiger partial charge in [0.1, 0.15) is 0 Å². The van der Waals surface area contributed by atoms with Crippen molar-refractivity contribution in [3.63, 3.8) is 0 Å². The molecule has 1 saturated heterocycles. The maximum absolute atomic E-state index is 12.3. The van der Waals surface area contributed by atoms with Crippen LogP contribution in [0.3, 0.4) is 0 Å². The quantitative estimate of drug-likeness (QED) is 0.270. The number of amides is 1. The Bertz CT molecular complexity index is 788. The minimum Gasteiger partial charge on any atom is -0.392 e. The molecule has 0 aliphatic carbocycles. The Morgan fingerprint density at radius 2 is 1.96 bits per heavy atom. The summed E-state index contributed by atoms with van der Waals surface area (Å²) < 4.78 is 54.7. The molecular weight excluding hydrogens is 398 g/mol. The number of nitrogens with zero attached hydrogens (tertiary/aromatic N) is 2. The standard InChI is InChI=1S/C15H27N3O7S2/c1-12(10-16-27(23,24)17(2)3)8-13-9-14(25-26(4,21)22)11-18(13)15(20)6-5-7-19/h5-6,8,13-14,16,19H,7,9-11H2,1-4H3/b6-5?,12-8+/t13-,14-/m1/s1. The molecule has 1 aliphatic rings. The molecule has 156 valence electrons. The summed E-state index contributed by atoms with van der Waals surface area (Å²) in [4.78, 5) is 13.7. The first-order valence-corrected chi connectivity index (χ1v) is 11.4. The molecule has 0 aromatic rings. The highest BCUT2D eigenvalue weighted by molar-refractivity contribution is 7.87. The molecule has 27 heavy (non-hydrogen) atoms. The molecule has 2 atom stereocenters. The summed E-state index contributed by atoms with van der Waals surface area (Å²) in [6.07, 6.45) is 4.69. The van der Waals surface area contributed by atoms with Gasteiger partial charge in [0.25, 0.3) is 20.3 Å².